The van der Waals surface area contributed by atoms with E-state index in [-0.39, 0.29) is 12.3 Å². The minimum Gasteiger partial charge on any atom is -0.490 e. The van der Waals surface area contributed by atoms with Gasteiger partial charge in [-0.05, 0) is 12.0 Å². The van der Waals surface area contributed by atoms with Crippen molar-refractivity contribution in [1.82, 2.24) is 0 Å². The first kappa shape index (κ1) is 23.8. The Morgan fingerprint density at radius 1 is 1.07 bits per heavy atom. The maximum absolute atomic E-state index is 11.5. The molecule has 0 spiro atoms. The van der Waals surface area contributed by atoms with Gasteiger partial charge in [0, 0.05) is 17.7 Å². The summed E-state index contributed by atoms with van der Waals surface area (Å²) in [5, 5.41) is 13.7. The van der Waals surface area contributed by atoms with Gasteiger partial charge in [0.25, 0.3) is 0 Å². The van der Waals surface area contributed by atoms with E-state index in [1.165, 1.54) is 7.11 Å². The molecule has 0 aliphatic heterocycles. The first-order valence-corrected chi connectivity index (χ1v) is 10.4. The molecule has 0 heterocycles. The summed E-state index contributed by atoms with van der Waals surface area (Å²) < 4.78 is 11.5. The molecule has 2 aromatic rings. The third kappa shape index (κ3) is 6.82. The van der Waals surface area contributed by atoms with Gasteiger partial charge in [-0.2, -0.15) is 0 Å². The van der Waals surface area contributed by atoms with Crippen LogP contribution in [0.5, 0.6) is 11.5 Å². The summed E-state index contributed by atoms with van der Waals surface area (Å²) in [5.74, 6) is -0.322. The largest absolute Gasteiger partial charge is 0.490 e. The average Bonchev–Trinajstić information content (AvgIpc) is 2.72. The highest BCUT2D eigenvalue weighted by molar-refractivity contribution is 6.42. The summed E-state index contributed by atoms with van der Waals surface area (Å²) in [6.07, 6.45) is 4.35. The molecule has 0 amide bonds. The Balaban J connectivity index is 2.10. The first-order valence-electron chi connectivity index (χ1n) is 9.65. The summed E-state index contributed by atoms with van der Waals surface area (Å²) in [6, 6.07) is 10.1. The van der Waals surface area contributed by atoms with Crippen LogP contribution < -0.4 is 9.47 Å². The van der Waals surface area contributed by atoms with Crippen LogP contribution in [-0.4, -0.2) is 30.5 Å². The molecule has 0 saturated carbocycles. The van der Waals surface area contributed by atoms with Crippen LogP contribution in [0.25, 0.3) is 0 Å². The molecular weight excluding hydrogens is 429 g/mol. The number of unbranched alkanes of at least 4 members (excludes halogenated alkanes) is 3. The Bertz CT molecular complexity index is 863. The molecule has 0 unspecified atom stereocenters. The van der Waals surface area contributed by atoms with E-state index in [4.69, 9.17) is 32.7 Å². The molecule has 0 fully saturated rings. The number of oxime groups is 1. The zero-order valence-electron chi connectivity index (χ0n) is 17.0. The molecule has 2 rings (SSSR count). The molecule has 30 heavy (non-hydrogen) atoms. The summed E-state index contributed by atoms with van der Waals surface area (Å²) in [4.78, 5) is 16.1. The van der Waals surface area contributed by atoms with Crippen LogP contribution in [0.4, 0.5) is 0 Å². The van der Waals surface area contributed by atoms with Gasteiger partial charge in [0.1, 0.15) is 19.5 Å². The zero-order valence-corrected chi connectivity index (χ0v) is 18.5. The van der Waals surface area contributed by atoms with Crippen molar-refractivity contribution in [2.75, 3.05) is 13.7 Å². The molecule has 0 aliphatic carbocycles. The van der Waals surface area contributed by atoms with Crippen molar-refractivity contribution in [2.45, 2.75) is 39.2 Å². The first-order chi connectivity index (χ1) is 14.5. The van der Waals surface area contributed by atoms with Crippen LogP contribution >= 0.6 is 23.2 Å². The van der Waals surface area contributed by atoms with Crippen LogP contribution in [0, 0.1) is 0 Å². The van der Waals surface area contributed by atoms with Crippen molar-refractivity contribution in [2.24, 2.45) is 5.16 Å². The number of carboxylic acids is 1. The van der Waals surface area contributed by atoms with Gasteiger partial charge in [-0.3, -0.25) is 0 Å². The number of halogens is 2. The Morgan fingerprint density at radius 3 is 2.40 bits per heavy atom. The van der Waals surface area contributed by atoms with Gasteiger partial charge < -0.3 is 19.4 Å². The fourth-order valence-corrected chi connectivity index (χ4v) is 3.37. The molecule has 1 N–H and O–H groups in total. The third-order valence-corrected chi connectivity index (χ3v) is 4.83. The van der Waals surface area contributed by atoms with Crippen molar-refractivity contribution in [3.05, 3.63) is 57.6 Å². The second kappa shape index (κ2) is 12.3. The van der Waals surface area contributed by atoms with E-state index in [9.17, 15) is 9.90 Å². The average molecular weight is 454 g/mol. The summed E-state index contributed by atoms with van der Waals surface area (Å²) >= 11 is 12.6. The molecule has 0 radical (unpaired) electrons. The van der Waals surface area contributed by atoms with Crippen LogP contribution in [-0.2, 0) is 16.2 Å². The summed E-state index contributed by atoms with van der Waals surface area (Å²) in [6.45, 7) is 2.79. The van der Waals surface area contributed by atoms with Gasteiger partial charge in [0.2, 0.25) is 0 Å². The smallest absolute Gasteiger partial charge is 0.358 e. The molecule has 0 aromatic heterocycles. The second-order valence-electron chi connectivity index (χ2n) is 6.50. The second-order valence-corrected chi connectivity index (χ2v) is 7.31. The Hall–Kier alpha value is -2.44. The number of nitrogens with zero attached hydrogens (tertiary/aromatic N) is 1. The quantitative estimate of drug-likeness (QED) is 0.243. The van der Waals surface area contributed by atoms with E-state index in [0.29, 0.717) is 39.3 Å². The molecule has 0 bridgehead atoms. The summed E-state index contributed by atoms with van der Waals surface area (Å²) in [5.41, 5.74) is 0.815. The van der Waals surface area contributed by atoms with E-state index >= 15 is 0 Å². The van der Waals surface area contributed by atoms with E-state index in [1.54, 1.807) is 36.4 Å². The van der Waals surface area contributed by atoms with Gasteiger partial charge in [-0.1, -0.05) is 78.8 Å². The Kier molecular flexibility index (Phi) is 9.77. The van der Waals surface area contributed by atoms with Crippen molar-refractivity contribution < 1.29 is 24.2 Å². The molecule has 162 valence electrons. The number of aliphatic carboxylic acids is 1. The zero-order chi connectivity index (χ0) is 21.9. The van der Waals surface area contributed by atoms with E-state index in [1.807, 2.05) is 0 Å². The highest BCUT2D eigenvalue weighted by atomic mass is 35.5. The van der Waals surface area contributed by atoms with E-state index in [2.05, 4.69) is 16.9 Å². The molecular formula is C22H25Cl2NO5. The number of hydrogen-bond acceptors (Lipinski definition) is 5. The van der Waals surface area contributed by atoms with Crippen molar-refractivity contribution >= 4 is 34.9 Å². The van der Waals surface area contributed by atoms with Crippen molar-refractivity contribution in [1.29, 1.82) is 0 Å². The fourth-order valence-electron chi connectivity index (χ4n) is 2.79. The highest BCUT2D eigenvalue weighted by Crippen LogP contribution is 2.37. The number of ether oxygens (including phenoxy) is 2. The minimum atomic E-state index is -1.20. The number of hydrogen-bond donors (Lipinski definition) is 1. The van der Waals surface area contributed by atoms with Crippen LogP contribution in [0.1, 0.15) is 43.7 Å². The van der Waals surface area contributed by atoms with Crippen LogP contribution in [0.3, 0.4) is 0 Å². The van der Waals surface area contributed by atoms with Gasteiger partial charge in [-0.25, -0.2) is 4.79 Å². The number of carbonyl (C=O) groups is 1. The SMILES string of the molecule is CCCCCCOc1c(Cl)cc(OCc2ccccc2C(=NOC)C(=O)O)cc1Cl. The molecule has 0 aliphatic rings. The molecule has 0 saturated heterocycles. The van der Waals surface area contributed by atoms with Gasteiger partial charge >= 0.3 is 5.97 Å². The lowest BCUT2D eigenvalue weighted by Crippen LogP contribution is -2.17. The standard InChI is InChI=1S/C22H25Cl2NO5/c1-3-4-5-8-11-29-21-18(23)12-16(13-19(21)24)30-14-15-9-6-7-10-17(15)20(22(26)27)25-28-2/h6-7,9-10,12-13H,3-5,8,11,14H2,1-2H3,(H,26,27). The van der Waals surface area contributed by atoms with E-state index in [0.717, 1.165) is 25.7 Å². The van der Waals surface area contributed by atoms with Gasteiger partial charge in [0.15, 0.2) is 11.5 Å². The van der Waals surface area contributed by atoms with Crippen molar-refractivity contribution in [3.63, 3.8) is 0 Å². The topological polar surface area (TPSA) is 77.3 Å². The molecule has 8 heteroatoms. The number of rotatable bonds is 12. The lowest BCUT2D eigenvalue weighted by molar-refractivity contribution is -0.129. The highest BCUT2D eigenvalue weighted by Gasteiger charge is 2.18. The lowest BCUT2D eigenvalue weighted by Gasteiger charge is -2.14. The minimum absolute atomic E-state index is 0.0933. The summed E-state index contributed by atoms with van der Waals surface area (Å²) in [7, 11) is 1.29. The third-order valence-electron chi connectivity index (χ3n) is 4.27. The van der Waals surface area contributed by atoms with Crippen LogP contribution in [0.15, 0.2) is 41.6 Å². The Labute approximate surface area is 186 Å². The number of carboxylic acid groups (broad SMARTS) is 1. The molecule has 0 atom stereocenters. The van der Waals surface area contributed by atoms with Crippen LogP contribution in [0.2, 0.25) is 10.0 Å². The predicted molar refractivity (Wildman–Crippen MR) is 118 cm³/mol. The molecule has 2 aromatic carbocycles. The lowest BCUT2D eigenvalue weighted by atomic mass is 10.0. The van der Waals surface area contributed by atoms with Gasteiger partial charge in [-0.15, -0.1) is 0 Å². The maximum Gasteiger partial charge on any atom is 0.358 e. The fraction of sp³-hybridized carbons (Fsp3) is 0.364. The normalized spacial score (nSPS) is 11.3. The maximum atomic E-state index is 11.5. The Morgan fingerprint density at radius 2 is 1.77 bits per heavy atom. The molecule has 6 nitrogen and oxygen atoms in total. The van der Waals surface area contributed by atoms with Crippen molar-refractivity contribution in [3.8, 4) is 11.5 Å². The monoisotopic (exact) mass is 453 g/mol. The predicted octanol–water partition coefficient (Wildman–Crippen LogP) is 5.97. The number of benzene rings is 2. The van der Waals surface area contributed by atoms with Gasteiger partial charge in [0.05, 0.1) is 16.7 Å². The van der Waals surface area contributed by atoms with E-state index < -0.39 is 5.97 Å².